The minimum atomic E-state index is -3.30. The number of aromatic nitrogens is 4. The smallest absolute Gasteiger partial charge is 0.330 e. The van der Waals surface area contributed by atoms with Gasteiger partial charge >= 0.3 is 5.76 Å². The Kier molecular flexibility index (Phi) is 5.08. The Morgan fingerprint density at radius 3 is 2.69 bits per heavy atom. The lowest BCUT2D eigenvalue weighted by Gasteiger charge is -2.08. The number of alkyl halides is 2. The average Bonchev–Trinajstić information content (AvgIpc) is 3.21. The van der Waals surface area contributed by atoms with Crippen LogP contribution in [0.4, 0.5) is 17.6 Å². The van der Waals surface area contributed by atoms with Crippen LogP contribution < -0.4 is 11.5 Å². The number of halogens is 4. The van der Waals surface area contributed by atoms with Gasteiger partial charge in [0.2, 0.25) is 5.82 Å². The van der Waals surface area contributed by atoms with Gasteiger partial charge in [-0.15, -0.1) is 0 Å². The Bertz CT molecular complexity index is 987. The molecule has 0 saturated heterocycles. The van der Waals surface area contributed by atoms with E-state index in [1.165, 1.54) is 0 Å². The van der Waals surface area contributed by atoms with Crippen molar-refractivity contribution in [1.29, 1.82) is 0 Å². The summed E-state index contributed by atoms with van der Waals surface area (Å²) < 4.78 is 62.8. The Morgan fingerprint density at radius 1 is 1.23 bits per heavy atom. The first-order valence-electron chi connectivity index (χ1n) is 6.96. The number of hydrogen-bond donors (Lipinski definition) is 1. The van der Waals surface area contributed by atoms with Crippen molar-refractivity contribution in [3.8, 4) is 17.2 Å². The Balaban J connectivity index is 2.16. The van der Waals surface area contributed by atoms with Gasteiger partial charge in [0.1, 0.15) is 0 Å². The molecular formula is C13H9F4N5O3S. The number of benzene rings is 1. The fraction of sp³-hybridized carbons (Fsp3) is 0.231. The van der Waals surface area contributed by atoms with E-state index in [0.29, 0.717) is 29.0 Å². The van der Waals surface area contributed by atoms with Crippen molar-refractivity contribution in [1.82, 2.24) is 20.0 Å². The van der Waals surface area contributed by atoms with E-state index in [4.69, 9.17) is 5.73 Å². The second kappa shape index (κ2) is 7.29. The Hall–Kier alpha value is -2.67. The summed E-state index contributed by atoms with van der Waals surface area (Å²) in [6.45, 7) is 0.309. The highest BCUT2D eigenvalue weighted by Crippen LogP contribution is 2.30. The van der Waals surface area contributed by atoms with Gasteiger partial charge in [-0.2, -0.15) is 0 Å². The summed E-state index contributed by atoms with van der Waals surface area (Å²) in [6.07, 6.45) is -3.30. The third-order valence-corrected chi connectivity index (χ3v) is 4.15. The molecule has 2 aromatic heterocycles. The van der Waals surface area contributed by atoms with Crippen molar-refractivity contribution in [2.24, 2.45) is 5.73 Å². The first-order valence-corrected chi connectivity index (χ1v) is 7.94. The minimum Gasteiger partial charge on any atom is -0.330 e. The molecule has 3 aromatic rings. The molecular weight excluding hydrogens is 382 g/mol. The molecule has 8 nitrogen and oxygen atoms in total. The molecule has 0 aliphatic rings. The van der Waals surface area contributed by atoms with E-state index in [2.05, 4.69) is 24.6 Å². The van der Waals surface area contributed by atoms with Crippen molar-refractivity contribution in [2.75, 3.05) is 12.3 Å². The fourth-order valence-corrected chi connectivity index (χ4v) is 2.74. The molecule has 0 saturated carbocycles. The normalized spacial score (nSPS) is 11.5. The molecule has 0 unspecified atom stereocenters. The van der Waals surface area contributed by atoms with E-state index in [9.17, 15) is 22.4 Å². The molecule has 0 radical (unpaired) electrons. The zero-order valence-corrected chi connectivity index (χ0v) is 13.5. The molecule has 0 amide bonds. The molecule has 0 fully saturated rings. The summed E-state index contributed by atoms with van der Waals surface area (Å²) in [6, 6.07) is 1.18. The van der Waals surface area contributed by atoms with Gasteiger partial charge in [0.15, 0.2) is 22.4 Å². The molecule has 26 heavy (non-hydrogen) atoms. The number of nitrogens with two attached hydrogens (primary N) is 1. The predicted molar refractivity (Wildman–Crippen MR) is 80.0 cm³/mol. The highest BCUT2D eigenvalue weighted by molar-refractivity contribution is 7.99. The van der Waals surface area contributed by atoms with Gasteiger partial charge in [0.05, 0.1) is 11.3 Å². The van der Waals surface area contributed by atoms with Crippen LogP contribution in [0.5, 0.6) is 0 Å². The molecule has 0 aliphatic heterocycles. The van der Waals surface area contributed by atoms with Crippen molar-refractivity contribution in [3.05, 3.63) is 39.9 Å². The summed E-state index contributed by atoms with van der Waals surface area (Å²) in [5.74, 6) is -4.24. The molecule has 0 aliphatic carbocycles. The predicted octanol–water partition coefficient (Wildman–Crippen LogP) is 2.14. The molecule has 0 spiro atoms. The summed E-state index contributed by atoms with van der Waals surface area (Å²) in [7, 11) is 0. The monoisotopic (exact) mass is 391 g/mol. The first-order chi connectivity index (χ1) is 12.4. The summed E-state index contributed by atoms with van der Waals surface area (Å²) in [4.78, 5) is 12.0. The molecule has 2 N–H and O–H groups in total. The SMILES string of the molecule is NCCSc1nonc1-c1noc(=O)n1-c1cc(F)c(F)c(C(F)F)c1. The average molecular weight is 391 g/mol. The molecule has 0 atom stereocenters. The van der Waals surface area contributed by atoms with E-state index < -0.39 is 35.1 Å². The van der Waals surface area contributed by atoms with Crippen LogP contribution in [0.15, 0.2) is 31.1 Å². The second-order valence-electron chi connectivity index (χ2n) is 4.79. The van der Waals surface area contributed by atoms with Gasteiger partial charge in [-0.05, 0) is 16.4 Å². The molecule has 13 heteroatoms. The van der Waals surface area contributed by atoms with Crippen LogP contribution in [0.1, 0.15) is 12.0 Å². The lowest BCUT2D eigenvalue weighted by molar-refractivity contribution is 0.145. The van der Waals surface area contributed by atoms with E-state index in [0.717, 1.165) is 11.8 Å². The van der Waals surface area contributed by atoms with Crippen molar-refractivity contribution in [3.63, 3.8) is 0 Å². The van der Waals surface area contributed by atoms with Crippen LogP contribution in [0.2, 0.25) is 0 Å². The highest BCUT2D eigenvalue weighted by Gasteiger charge is 2.25. The highest BCUT2D eigenvalue weighted by atomic mass is 32.2. The van der Waals surface area contributed by atoms with E-state index in [-0.39, 0.29) is 16.5 Å². The van der Waals surface area contributed by atoms with Gasteiger partial charge in [0, 0.05) is 18.4 Å². The summed E-state index contributed by atoms with van der Waals surface area (Å²) in [5, 5.41) is 10.9. The van der Waals surface area contributed by atoms with Gasteiger partial charge < -0.3 is 5.73 Å². The molecule has 138 valence electrons. The zero-order valence-electron chi connectivity index (χ0n) is 12.7. The van der Waals surface area contributed by atoms with Crippen LogP contribution in [-0.4, -0.2) is 32.3 Å². The van der Waals surface area contributed by atoms with Gasteiger partial charge in [-0.1, -0.05) is 16.9 Å². The topological polar surface area (TPSA) is 113 Å². The van der Waals surface area contributed by atoms with Gasteiger partial charge in [-0.3, -0.25) is 4.52 Å². The van der Waals surface area contributed by atoms with E-state index >= 15 is 0 Å². The van der Waals surface area contributed by atoms with Crippen LogP contribution in [0.25, 0.3) is 17.2 Å². The quantitative estimate of drug-likeness (QED) is 0.502. The maximum Gasteiger partial charge on any atom is 0.446 e. The zero-order chi connectivity index (χ0) is 18.8. The Morgan fingerprint density at radius 2 is 2.00 bits per heavy atom. The second-order valence-corrected chi connectivity index (χ2v) is 5.88. The largest absolute Gasteiger partial charge is 0.446 e. The molecule has 3 rings (SSSR count). The summed E-state index contributed by atoms with van der Waals surface area (Å²) >= 11 is 1.13. The number of thioether (sulfide) groups is 1. The molecule has 2 heterocycles. The third-order valence-electron chi connectivity index (χ3n) is 3.17. The van der Waals surface area contributed by atoms with Crippen molar-refractivity contribution < 1.29 is 26.7 Å². The standard InChI is InChI=1S/C13H9F4N5O3S/c14-7-4-5(3-6(8(7)15)10(16)17)22-11(20-24-13(22)23)9-12(21-25-19-9)26-2-1-18/h3-4,10H,1-2,18H2. The van der Waals surface area contributed by atoms with Crippen LogP contribution in [-0.2, 0) is 0 Å². The number of hydrogen-bond acceptors (Lipinski definition) is 8. The third kappa shape index (κ3) is 3.22. The van der Waals surface area contributed by atoms with Crippen LogP contribution in [0.3, 0.4) is 0 Å². The lowest BCUT2D eigenvalue weighted by Crippen LogP contribution is -2.15. The Labute approximate surface area is 145 Å². The van der Waals surface area contributed by atoms with Crippen LogP contribution in [0, 0.1) is 11.6 Å². The van der Waals surface area contributed by atoms with Gasteiger partial charge in [0.25, 0.3) is 6.43 Å². The minimum absolute atomic E-state index is 0.0439. The summed E-state index contributed by atoms with van der Waals surface area (Å²) in [5.41, 5.74) is 3.72. The lowest BCUT2D eigenvalue weighted by atomic mass is 10.1. The maximum absolute atomic E-state index is 13.7. The van der Waals surface area contributed by atoms with Crippen molar-refractivity contribution in [2.45, 2.75) is 11.5 Å². The number of rotatable bonds is 6. The molecule has 1 aromatic carbocycles. The van der Waals surface area contributed by atoms with E-state index in [1.54, 1.807) is 0 Å². The fourth-order valence-electron chi connectivity index (χ4n) is 2.08. The first kappa shape index (κ1) is 18.1. The van der Waals surface area contributed by atoms with Crippen molar-refractivity contribution >= 4 is 11.8 Å². The number of nitrogens with zero attached hydrogens (tertiary/aromatic N) is 4. The van der Waals surface area contributed by atoms with Crippen LogP contribution >= 0.6 is 11.8 Å². The maximum atomic E-state index is 13.7. The molecule has 0 bridgehead atoms. The van der Waals surface area contributed by atoms with E-state index in [1.807, 2.05) is 0 Å². The van der Waals surface area contributed by atoms with Gasteiger partial charge in [-0.25, -0.2) is 31.6 Å².